The highest BCUT2D eigenvalue weighted by Gasteiger charge is 2.61. The minimum atomic E-state index is -1.09. The zero-order chi connectivity index (χ0) is 22.5. The fourth-order valence-electron chi connectivity index (χ4n) is 5.04. The minimum Gasteiger partial charge on any atom is -0.496 e. The fourth-order valence-corrected chi connectivity index (χ4v) is 6.42. The highest BCUT2D eigenvalue weighted by Crippen LogP contribution is 2.54. The Morgan fingerprint density at radius 3 is 2.62 bits per heavy atom. The second-order valence-corrected chi connectivity index (χ2v) is 9.53. The van der Waals surface area contributed by atoms with Gasteiger partial charge in [-0.1, -0.05) is 36.4 Å². The molecule has 7 heteroatoms. The van der Waals surface area contributed by atoms with E-state index in [1.165, 1.54) is 4.90 Å². The number of hydrogen-bond acceptors (Lipinski definition) is 6. The summed E-state index contributed by atoms with van der Waals surface area (Å²) in [7, 11) is 3.16. The van der Waals surface area contributed by atoms with Crippen molar-refractivity contribution < 1.29 is 14.3 Å². The number of anilines is 1. The molecular formula is C25H25N3O3S. The van der Waals surface area contributed by atoms with Gasteiger partial charge in [0.05, 0.1) is 18.7 Å². The van der Waals surface area contributed by atoms with Crippen LogP contribution in [0, 0.1) is 6.92 Å². The molecule has 2 atom stereocenters. The molecule has 2 aromatic carbocycles. The van der Waals surface area contributed by atoms with Crippen LogP contribution in [0.4, 0.5) is 10.6 Å². The zero-order valence-electron chi connectivity index (χ0n) is 18.4. The van der Waals surface area contributed by atoms with Gasteiger partial charge in [-0.15, -0.1) is 0 Å². The molecule has 2 amide bonds. The standard InChI is InChI=1S/C25H25N3O3S/c1-16-15-22(26-19-11-6-4-9-17(16)19)28-14-8-13-21(28)25(23(29)27(2)24(30)32-25)18-10-5-7-12-20(18)31-3/h4-7,9-12,15,21H,8,13-14H2,1-3H3/t21-,25?/m1/s1. The average molecular weight is 448 g/mol. The van der Waals surface area contributed by atoms with Crippen molar-refractivity contribution >= 4 is 39.6 Å². The summed E-state index contributed by atoms with van der Waals surface area (Å²) in [6.07, 6.45) is 1.70. The molecule has 2 aliphatic heterocycles. The molecule has 0 N–H and O–H groups in total. The Hall–Kier alpha value is -3.06. The van der Waals surface area contributed by atoms with Crippen molar-refractivity contribution in [1.82, 2.24) is 9.88 Å². The second kappa shape index (κ2) is 7.81. The molecular weight excluding hydrogens is 422 g/mol. The number of thioether (sulfide) groups is 1. The molecule has 0 spiro atoms. The van der Waals surface area contributed by atoms with Gasteiger partial charge < -0.3 is 9.64 Å². The van der Waals surface area contributed by atoms with Crippen LogP contribution in [0.2, 0.25) is 0 Å². The van der Waals surface area contributed by atoms with Crippen LogP contribution >= 0.6 is 11.8 Å². The molecule has 1 unspecified atom stereocenters. The van der Waals surface area contributed by atoms with Gasteiger partial charge in [-0.2, -0.15) is 0 Å². The first-order valence-electron chi connectivity index (χ1n) is 10.7. The number of para-hydroxylation sites is 2. The lowest BCUT2D eigenvalue weighted by atomic mass is 9.86. The lowest BCUT2D eigenvalue weighted by Gasteiger charge is -2.39. The lowest BCUT2D eigenvalue weighted by molar-refractivity contribution is -0.129. The van der Waals surface area contributed by atoms with E-state index < -0.39 is 4.75 Å². The largest absolute Gasteiger partial charge is 0.496 e. The molecule has 3 heterocycles. The van der Waals surface area contributed by atoms with Crippen molar-refractivity contribution in [2.75, 3.05) is 25.6 Å². The highest BCUT2D eigenvalue weighted by molar-refractivity contribution is 8.15. The van der Waals surface area contributed by atoms with Gasteiger partial charge in [0, 0.05) is 24.5 Å². The molecule has 1 aromatic heterocycles. The number of nitrogens with zero attached hydrogens (tertiary/aromatic N) is 3. The third-order valence-corrected chi connectivity index (χ3v) is 8.01. The third-order valence-electron chi connectivity index (χ3n) is 6.58. The molecule has 0 radical (unpaired) electrons. The maximum absolute atomic E-state index is 13.7. The minimum absolute atomic E-state index is 0.202. The maximum Gasteiger partial charge on any atom is 0.289 e. The van der Waals surface area contributed by atoms with E-state index in [1.54, 1.807) is 14.2 Å². The molecule has 0 saturated carbocycles. The number of imide groups is 1. The summed E-state index contributed by atoms with van der Waals surface area (Å²) in [5.74, 6) is 1.26. The molecule has 5 rings (SSSR count). The van der Waals surface area contributed by atoms with E-state index in [0.29, 0.717) is 5.75 Å². The summed E-state index contributed by atoms with van der Waals surface area (Å²) in [4.78, 5) is 34.9. The molecule has 0 aliphatic carbocycles. The normalized spacial score (nSPS) is 23.4. The number of methoxy groups -OCH3 is 1. The number of aromatic nitrogens is 1. The molecule has 164 valence electrons. The van der Waals surface area contributed by atoms with Crippen LogP contribution in [0.3, 0.4) is 0 Å². The van der Waals surface area contributed by atoms with Crippen molar-refractivity contribution in [3.63, 3.8) is 0 Å². The van der Waals surface area contributed by atoms with Crippen molar-refractivity contribution in [1.29, 1.82) is 0 Å². The number of carbonyl (C=O) groups excluding carboxylic acids is 2. The predicted molar refractivity (Wildman–Crippen MR) is 127 cm³/mol. The number of ether oxygens (including phenoxy) is 1. The van der Waals surface area contributed by atoms with Crippen LogP contribution in [0.15, 0.2) is 54.6 Å². The Labute approximate surface area is 191 Å². The number of likely N-dealkylation sites (N-methyl/N-ethyl adjacent to an activating group) is 1. The van der Waals surface area contributed by atoms with Crippen molar-refractivity contribution in [2.24, 2.45) is 0 Å². The van der Waals surface area contributed by atoms with E-state index >= 15 is 0 Å². The first-order chi connectivity index (χ1) is 15.5. The van der Waals surface area contributed by atoms with Gasteiger partial charge in [0.25, 0.3) is 11.1 Å². The number of aryl methyl sites for hydroxylation is 1. The quantitative estimate of drug-likeness (QED) is 0.576. The van der Waals surface area contributed by atoms with Gasteiger partial charge in [-0.3, -0.25) is 14.5 Å². The maximum atomic E-state index is 13.7. The predicted octanol–water partition coefficient (Wildman–Crippen LogP) is 4.74. The summed E-state index contributed by atoms with van der Waals surface area (Å²) in [5, 5.41) is 0.878. The van der Waals surface area contributed by atoms with E-state index in [9.17, 15) is 9.59 Å². The van der Waals surface area contributed by atoms with Crippen molar-refractivity contribution in [3.05, 3.63) is 65.7 Å². The number of carbonyl (C=O) groups is 2. The van der Waals surface area contributed by atoms with Crippen LogP contribution in [0.5, 0.6) is 5.75 Å². The average Bonchev–Trinajstić information content (AvgIpc) is 3.39. The topological polar surface area (TPSA) is 62.7 Å². The Morgan fingerprint density at radius 2 is 1.88 bits per heavy atom. The van der Waals surface area contributed by atoms with Gasteiger partial charge in [0.2, 0.25) is 0 Å². The Morgan fingerprint density at radius 1 is 1.12 bits per heavy atom. The van der Waals surface area contributed by atoms with E-state index in [2.05, 4.69) is 24.0 Å². The van der Waals surface area contributed by atoms with Gasteiger partial charge in [0.1, 0.15) is 11.6 Å². The Bertz CT molecular complexity index is 1230. The molecule has 6 nitrogen and oxygen atoms in total. The summed E-state index contributed by atoms with van der Waals surface area (Å²) >= 11 is 1.10. The SMILES string of the molecule is COc1ccccc1C1([C@H]2CCCN2c2cc(C)c3ccccc3n2)SC(=O)N(C)C1=O. The third kappa shape index (κ3) is 2.98. The smallest absolute Gasteiger partial charge is 0.289 e. The van der Waals surface area contributed by atoms with Crippen LogP contribution in [-0.4, -0.2) is 47.8 Å². The fraction of sp³-hybridized carbons (Fsp3) is 0.320. The second-order valence-electron chi connectivity index (χ2n) is 8.33. The van der Waals surface area contributed by atoms with Crippen LogP contribution in [0.1, 0.15) is 24.0 Å². The summed E-state index contributed by atoms with van der Waals surface area (Å²) in [6, 6.07) is 17.5. The number of rotatable bonds is 4. The van der Waals surface area contributed by atoms with E-state index in [0.717, 1.165) is 59.0 Å². The summed E-state index contributed by atoms with van der Waals surface area (Å²) < 4.78 is 4.56. The van der Waals surface area contributed by atoms with Crippen LogP contribution < -0.4 is 9.64 Å². The lowest BCUT2D eigenvalue weighted by Crippen LogP contribution is -2.51. The molecule has 2 saturated heterocycles. The summed E-state index contributed by atoms with van der Waals surface area (Å²) in [6.45, 7) is 2.86. The molecule has 2 fully saturated rings. The molecule has 32 heavy (non-hydrogen) atoms. The van der Waals surface area contributed by atoms with Gasteiger partial charge >= 0.3 is 0 Å². The highest BCUT2D eigenvalue weighted by atomic mass is 32.2. The number of benzene rings is 2. The van der Waals surface area contributed by atoms with E-state index in [1.807, 2.05) is 42.5 Å². The van der Waals surface area contributed by atoms with Gasteiger partial charge in [-0.25, -0.2) is 4.98 Å². The summed E-state index contributed by atoms with van der Waals surface area (Å²) in [5.41, 5.74) is 2.81. The number of amides is 2. The van der Waals surface area contributed by atoms with Gasteiger partial charge in [-0.05, 0) is 55.3 Å². The molecule has 3 aromatic rings. The Balaban J connectivity index is 1.69. The van der Waals surface area contributed by atoms with Crippen LogP contribution in [-0.2, 0) is 9.54 Å². The van der Waals surface area contributed by atoms with Crippen molar-refractivity contribution in [3.8, 4) is 5.75 Å². The zero-order valence-corrected chi connectivity index (χ0v) is 19.2. The number of fused-ring (bicyclic) bond motifs is 1. The van der Waals surface area contributed by atoms with Gasteiger partial charge in [0.15, 0.2) is 4.75 Å². The molecule has 2 aliphatic rings. The first-order valence-corrected chi connectivity index (χ1v) is 11.6. The number of pyridine rings is 1. The van der Waals surface area contributed by atoms with Crippen molar-refractivity contribution in [2.45, 2.75) is 30.6 Å². The Kier molecular flexibility index (Phi) is 5.08. The van der Waals surface area contributed by atoms with E-state index in [4.69, 9.17) is 9.72 Å². The monoisotopic (exact) mass is 447 g/mol. The number of hydrogen-bond donors (Lipinski definition) is 0. The van der Waals surface area contributed by atoms with E-state index in [-0.39, 0.29) is 17.2 Å². The van der Waals surface area contributed by atoms with Crippen LogP contribution in [0.25, 0.3) is 10.9 Å². The first kappa shape index (κ1) is 20.8. The molecule has 0 bridgehead atoms.